The fraction of sp³-hybridized carbons (Fsp3) is 0.429. The maximum atomic E-state index is 12.0. The standard InChI is InChI=1S/C7H11FN2/c1-10-4-2-3-7(10)6(9)5-8/h2-4,6H,5,9H2,1H3/t6-/m0/s1. The van der Waals surface area contributed by atoms with Crippen LogP contribution in [-0.2, 0) is 7.05 Å². The van der Waals surface area contributed by atoms with Gasteiger partial charge in [-0.25, -0.2) is 4.39 Å². The molecule has 1 heterocycles. The van der Waals surface area contributed by atoms with Gasteiger partial charge in [-0.1, -0.05) is 0 Å². The molecular formula is C7H11FN2. The fourth-order valence-electron chi connectivity index (χ4n) is 0.939. The molecular weight excluding hydrogens is 131 g/mol. The Kier molecular flexibility index (Phi) is 2.06. The van der Waals surface area contributed by atoms with Crippen LogP contribution in [0.5, 0.6) is 0 Å². The van der Waals surface area contributed by atoms with Crippen molar-refractivity contribution >= 4 is 0 Å². The number of hydrogen-bond donors (Lipinski definition) is 1. The molecule has 0 saturated heterocycles. The number of aryl methyl sites for hydroxylation is 1. The lowest BCUT2D eigenvalue weighted by atomic mass is 10.2. The first-order chi connectivity index (χ1) is 4.75. The third kappa shape index (κ3) is 1.19. The van der Waals surface area contributed by atoms with Crippen molar-refractivity contribution in [1.82, 2.24) is 4.57 Å². The van der Waals surface area contributed by atoms with E-state index in [0.717, 1.165) is 5.69 Å². The molecule has 1 aromatic heterocycles. The summed E-state index contributed by atoms with van der Waals surface area (Å²) in [5.74, 6) is 0. The zero-order valence-corrected chi connectivity index (χ0v) is 5.92. The number of nitrogens with two attached hydrogens (primary N) is 1. The van der Waals surface area contributed by atoms with Crippen LogP contribution in [-0.4, -0.2) is 11.2 Å². The number of halogens is 1. The van der Waals surface area contributed by atoms with Crippen LogP contribution in [0.1, 0.15) is 11.7 Å². The lowest BCUT2D eigenvalue weighted by Crippen LogP contribution is -2.15. The Labute approximate surface area is 59.5 Å². The van der Waals surface area contributed by atoms with Crippen LogP contribution < -0.4 is 5.73 Å². The Hall–Kier alpha value is -0.830. The molecule has 0 saturated carbocycles. The predicted molar refractivity (Wildman–Crippen MR) is 38.3 cm³/mol. The molecule has 0 amide bonds. The minimum absolute atomic E-state index is 0.472. The topological polar surface area (TPSA) is 30.9 Å². The second-order valence-corrected chi connectivity index (χ2v) is 2.30. The summed E-state index contributed by atoms with van der Waals surface area (Å²) < 4.78 is 13.8. The maximum Gasteiger partial charge on any atom is 0.110 e. The molecule has 0 radical (unpaired) electrons. The summed E-state index contributed by atoms with van der Waals surface area (Å²) in [5, 5.41) is 0. The SMILES string of the molecule is Cn1cccc1[C@@H](N)CF. The van der Waals surface area contributed by atoms with E-state index < -0.39 is 12.7 Å². The second-order valence-electron chi connectivity index (χ2n) is 2.30. The molecule has 0 aliphatic carbocycles. The summed E-state index contributed by atoms with van der Waals surface area (Å²) in [4.78, 5) is 0. The summed E-state index contributed by atoms with van der Waals surface area (Å²) in [6, 6.07) is 3.20. The van der Waals surface area contributed by atoms with E-state index >= 15 is 0 Å². The van der Waals surface area contributed by atoms with Crippen molar-refractivity contribution in [2.75, 3.05) is 6.67 Å². The van der Waals surface area contributed by atoms with Crippen LogP contribution in [0.4, 0.5) is 4.39 Å². The van der Waals surface area contributed by atoms with Gasteiger partial charge in [0.2, 0.25) is 0 Å². The highest BCUT2D eigenvalue weighted by Crippen LogP contribution is 2.09. The van der Waals surface area contributed by atoms with Crippen LogP contribution in [0.3, 0.4) is 0 Å². The molecule has 10 heavy (non-hydrogen) atoms. The summed E-state index contributed by atoms with van der Waals surface area (Å²) in [6.45, 7) is -0.502. The first kappa shape index (κ1) is 7.28. The van der Waals surface area contributed by atoms with E-state index in [1.807, 2.05) is 29.9 Å². The summed E-state index contributed by atoms with van der Waals surface area (Å²) in [7, 11) is 1.85. The zero-order chi connectivity index (χ0) is 7.56. The fourth-order valence-corrected chi connectivity index (χ4v) is 0.939. The van der Waals surface area contributed by atoms with Gasteiger partial charge in [-0.3, -0.25) is 0 Å². The van der Waals surface area contributed by atoms with E-state index in [1.54, 1.807) is 0 Å². The van der Waals surface area contributed by atoms with Gasteiger partial charge >= 0.3 is 0 Å². The van der Waals surface area contributed by atoms with E-state index in [9.17, 15) is 4.39 Å². The van der Waals surface area contributed by atoms with Crippen molar-refractivity contribution in [3.63, 3.8) is 0 Å². The Morgan fingerprint density at radius 1 is 1.80 bits per heavy atom. The van der Waals surface area contributed by atoms with Crippen LogP contribution >= 0.6 is 0 Å². The Balaban J connectivity index is 2.82. The van der Waals surface area contributed by atoms with Crippen molar-refractivity contribution < 1.29 is 4.39 Å². The molecule has 1 atom stereocenters. The van der Waals surface area contributed by atoms with Crippen molar-refractivity contribution in [3.05, 3.63) is 24.0 Å². The van der Waals surface area contributed by atoms with Crippen LogP contribution in [0.15, 0.2) is 18.3 Å². The molecule has 2 nitrogen and oxygen atoms in total. The Bertz CT molecular complexity index is 207. The molecule has 0 unspecified atom stereocenters. The zero-order valence-electron chi connectivity index (χ0n) is 5.92. The lowest BCUT2D eigenvalue weighted by molar-refractivity contribution is 0.426. The number of rotatable bonds is 2. The van der Waals surface area contributed by atoms with Gasteiger partial charge in [0.1, 0.15) is 6.67 Å². The van der Waals surface area contributed by atoms with E-state index in [-0.39, 0.29) is 0 Å². The molecule has 56 valence electrons. The van der Waals surface area contributed by atoms with Gasteiger partial charge in [0.15, 0.2) is 0 Å². The molecule has 1 rings (SSSR count). The molecule has 1 aromatic rings. The average Bonchev–Trinajstić information content (AvgIpc) is 2.34. The van der Waals surface area contributed by atoms with Gasteiger partial charge in [-0.05, 0) is 12.1 Å². The largest absolute Gasteiger partial charge is 0.353 e. The van der Waals surface area contributed by atoms with Crippen LogP contribution in [0, 0.1) is 0 Å². The summed E-state index contributed by atoms with van der Waals surface area (Å²) in [6.07, 6.45) is 1.85. The lowest BCUT2D eigenvalue weighted by Gasteiger charge is -2.07. The van der Waals surface area contributed by atoms with Crippen molar-refractivity contribution in [2.24, 2.45) is 12.8 Å². The minimum atomic E-state index is -0.502. The van der Waals surface area contributed by atoms with Crippen molar-refractivity contribution in [1.29, 1.82) is 0 Å². The molecule has 0 fully saturated rings. The van der Waals surface area contributed by atoms with Crippen molar-refractivity contribution in [3.8, 4) is 0 Å². The van der Waals surface area contributed by atoms with Crippen LogP contribution in [0.2, 0.25) is 0 Å². The maximum absolute atomic E-state index is 12.0. The van der Waals surface area contributed by atoms with Gasteiger partial charge in [0.05, 0.1) is 6.04 Å². The number of aromatic nitrogens is 1. The molecule has 3 heteroatoms. The third-order valence-electron chi connectivity index (χ3n) is 1.53. The van der Waals surface area contributed by atoms with E-state index in [0.29, 0.717) is 0 Å². The third-order valence-corrected chi connectivity index (χ3v) is 1.53. The number of nitrogens with zero attached hydrogens (tertiary/aromatic N) is 1. The highest BCUT2D eigenvalue weighted by molar-refractivity contribution is 5.10. The second kappa shape index (κ2) is 2.84. The van der Waals surface area contributed by atoms with Crippen molar-refractivity contribution in [2.45, 2.75) is 6.04 Å². The Morgan fingerprint density at radius 3 is 2.90 bits per heavy atom. The molecule has 0 bridgehead atoms. The van der Waals surface area contributed by atoms with Gasteiger partial charge < -0.3 is 10.3 Å². The molecule has 0 spiro atoms. The summed E-state index contributed by atoms with van der Waals surface area (Å²) >= 11 is 0. The molecule has 0 aliphatic heterocycles. The van der Waals surface area contributed by atoms with E-state index in [4.69, 9.17) is 5.73 Å². The smallest absolute Gasteiger partial charge is 0.110 e. The molecule has 0 aliphatic rings. The highest BCUT2D eigenvalue weighted by Gasteiger charge is 2.06. The molecule has 0 aromatic carbocycles. The first-order valence-corrected chi connectivity index (χ1v) is 3.18. The monoisotopic (exact) mass is 142 g/mol. The Morgan fingerprint density at radius 2 is 2.50 bits per heavy atom. The highest BCUT2D eigenvalue weighted by atomic mass is 19.1. The average molecular weight is 142 g/mol. The van der Waals surface area contributed by atoms with Gasteiger partial charge in [0, 0.05) is 18.9 Å². The van der Waals surface area contributed by atoms with E-state index in [2.05, 4.69) is 0 Å². The number of hydrogen-bond acceptors (Lipinski definition) is 1. The minimum Gasteiger partial charge on any atom is -0.353 e. The first-order valence-electron chi connectivity index (χ1n) is 3.18. The molecule has 2 N–H and O–H groups in total. The van der Waals surface area contributed by atoms with Gasteiger partial charge in [-0.2, -0.15) is 0 Å². The normalized spacial score (nSPS) is 13.5. The number of alkyl halides is 1. The quantitative estimate of drug-likeness (QED) is 0.656. The van der Waals surface area contributed by atoms with Crippen LogP contribution in [0.25, 0.3) is 0 Å². The summed E-state index contributed by atoms with van der Waals surface area (Å²) in [5.41, 5.74) is 6.28. The van der Waals surface area contributed by atoms with Gasteiger partial charge in [0.25, 0.3) is 0 Å². The van der Waals surface area contributed by atoms with Gasteiger partial charge in [-0.15, -0.1) is 0 Å². The van der Waals surface area contributed by atoms with E-state index in [1.165, 1.54) is 0 Å². The predicted octanol–water partition coefficient (Wildman–Crippen LogP) is 0.994.